The Morgan fingerprint density at radius 3 is 1.36 bits per heavy atom. The number of hydrogen-bond donors (Lipinski definition) is 0. The molecule has 0 saturated heterocycles. The van der Waals surface area contributed by atoms with E-state index in [1.807, 2.05) is 85.1 Å². The van der Waals surface area contributed by atoms with Crippen LogP contribution in [0.1, 0.15) is 0 Å². The van der Waals surface area contributed by atoms with Crippen molar-refractivity contribution in [2.75, 3.05) is 0 Å². The zero-order valence-corrected chi connectivity index (χ0v) is 29.7. The number of fused-ring (bicyclic) bond motifs is 3. The summed E-state index contributed by atoms with van der Waals surface area (Å²) < 4.78 is 7.03. The summed E-state index contributed by atoms with van der Waals surface area (Å²) in [5.74, 6) is 1.71. The smallest absolute Gasteiger partial charge is 0.182 e. The van der Waals surface area contributed by atoms with Crippen LogP contribution in [0.25, 0.3) is 101 Å². The van der Waals surface area contributed by atoms with E-state index in [1.54, 1.807) is 0 Å². The summed E-state index contributed by atoms with van der Waals surface area (Å²) in [6.45, 7) is 0. The van der Waals surface area contributed by atoms with Crippen LogP contribution >= 0.6 is 0 Å². The molecule has 0 atom stereocenters. The molecule has 0 amide bonds. The number of pyridine rings is 1. The van der Waals surface area contributed by atoms with Crippen LogP contribution in [-0.4, -0.2) is 19.9 Å². The number of nitrogens with zero attached hydrogens (tertiary/aromatic N) is 4. The van der Waals surface area contributed by atoms with Gasteiger partial charge in [-0.25, -0.2) is 15.0 Å². The Labute approximate surface area is 318 Å². The summed E-state index contributed by atoms with van der Waals surface area (Å²) >= 11 is 0. The van der Waals surface area contributed by atoms with Gasteiger partial charge in [0.25, 0.3) is 0 Å². The molecule has 3 aromatic heterocycles. The predicted octanol–water partition coefficient (Wildman–Crippen LogP) is 12.8. The van der Waals surface area contributed by atoms with Crippen LogP contribution in [0.15, 0.2) is 199 Å². The Balaban J connectivity index is 1.18. The standard InChI is InChI=1S/C50H32N4O/c1-6-16-33(17-7-1)39-30-42(35-20-10-3-11-21-35)46-43(31-39)45-40(27-28-41(47(45)55-46)34-18-8-2-9-19-34)38-26-29-44(51-32-38)50-53-48(36-22-12-4-13-23-36)52-49(54-50)37-24-14-5-15-25-37/h1-32H. The van der Waals surface area contributed by atoms with E-state index in [2.05, 4.69) is 109 Å². The molecule has 0 aliphatic heterocycles. The van der Waals surface area contributed by atoms with E-state index in [0.717, 1.165) is 77.6 Å². The average Bonchev–Trinajstić information content (AvgIpc) is 3.67. The highest BCUT2D eigenvalue weighted by atomic mass is 16.3. The molecule has 0 fully saturated rings. The van der Waals surface area contributed by atoms with Gasteiger partial charge in [-0.2, -0.15) is 0 Å². The van der Waals surface area contributed by atoms with Crippen molar-refractivity contribution < 1.29 is 4.42 Å². The Bertz CT molecular complexity index is 2870. The van der Waals surface area contributed by atoms with Crippen molar-refractivity contribution in [3.8, 4) is 78.8 Å². The maximum Gasteiger partial charge on any atom is 0.182 e. The lowest BCUT2D eigenvalue weighted by Crippen LogP contribution is -2.01. The van der Waals surface area contributed by atoms with E-state index >= 15 is 0 Å². The van der Waals surface area contributed by atoms with Crippen molar-refractivity contribution in [3.63, 3.8) is 0 Å². The first-order valence-electron chi connectivity index (χ1n) is 18.3. The van der Waals surface area contributed by atoms with Crippen molar-refractivity contribution in [3.05, 3.63) is 194 Å². The van der Waals surface area contributed by atoms with Crippen LogP contribution in [0, 0.1) is 0 Å². The third-order valence-corrected chi connectivity index (χ3v) is 10.00. The Morgan fingerprint density at radius 1 is 0.327 bits per heavy atom. The molecule has 0 unspecified atom stereocenters. The molecular formula is C50H32N4O. The van der Waals surface area contributed by atoms with E-state index in [9.17, 15) is 0 Å². The lowest BCUT2D eigenvalue weighted by molar-refractivity contribution is 0.671. The molecule has 0 spiro atoms. The van der Waals surface area contributed by atoms with Gasteiger partial charge in [0.1, 0.15) is 16.9 Å². The van der Waals surface area contributed by atoms with Gasteiger partial charge < -0.3 is 4.42 Å². The van der Waals surface area contributed by atoms with E-state index < -0.39 is 0 Å². The Morgan fingerprint density at radius 2 is 0.818 bits per heavy atom. The summed E-state index contributed by atoms with van der Waals surface area (Å²) in [7, 11) is 0. The third kappa shape index (κ3) is 6.04. The molecule has 5 nitrogen and oxygen atoms in total. The predicted molar refractivity (Wildman–Crippen MR) is 223 cm³/mol. The van der Waals surface area contributed by atoms with Crippen molar-refractivity contribution >= 4 is 21.9 Å². The number of hydrogen-bond acceptors (Lipinski definition) is 5. The minimum atomic E-state index is 0.512. The first-order chi connectivity index (χ1) is 27.3. The van der Waals surface area contributed by atoms with E-state index in [0.29, 0.717) is 23.2 Å². The highest BCUT2D eigenvalue weighted by Gasteiger charge is 2.22. The Hall–Kier alpha value is -7.50. The van der Waals surface area contributed by atoms with Crippen LogP contribution < -0.4 is 0 Å². The fourth-order valence-corrected chi connectivity index (χ4v) is 7.31. The normalized spacial score (nSPS) is 11.3. The SMILES string of the molecule is c1ccc(-c2cc(-c3ccccc3)c3oc4c(-c5ccccc5)ccc(-c5ccc(-c6nc(-c7ccccc7)nc(-c7ccccc7)n6)nc5)c4c3c2)cc1. The first kappa shape index (κ1) is 32.2. The monoisotopic (exact) mass is 704 g/mol. The molecule has 0 saturated carbocycles. The van der Waals surface area contributed by atoms with Crippen LogP contribution in [-0.2, 0) is 0 Å². The van der Waals surface area contributed by atoms with E-state index in [1.165, 1.54) is 0 Å². The summed E-state index contributed by atoms with van der Waals surface area (Å²) in [5.41, 5.74) is 12.7. The van der Waals surface area contributed by atoms with E-state index in [-0.39, 0.29) is 0 Å². The molecule has 258 valence electrons. The minimum absolute atomic E-state index is 0.512. The highest BCUT2D eigenvalue weighted by molar-refractivity contribution is 6.19. The number of furan rings is 1. The summed E-state index contributed by atoms with van der Waals surface area (Å²) in [4.78, 5) is 19.7. The van der Waals surface area contributed by atoms with Gasteiger partial charge in [0.2, 0.25) is 0 Å². The fraction of sp³-hybridized carbons (Fsp3) is 0. The zero-order chi connectivity index (χ0) is 36.6. The molecule has 0 N–H and O–H groups in total. The van der Waals surface area contributed by atoms with Gasteiger partial charge in [-0.15, -0.1) is 0 Å². The summed E-state index contributed by atoms with van der Waals surface area (Å²) in [6.07, 6.45) is 1.92. The summed E-state index contributed by atoms with van der Waals surface area (Å²) in [5, 5.41) is 2.09. The average molecular weight is 705 g/mol. The van der Waals surface area contributed by atoms with Gasteiger partial charge >= 0.3 is 0 Å². The molecule has 0 aliphatic rings. The van der Waals surface area contributed by atoms with Gasteiger partial charge in [0.05, 0.1) is 0 Å². The molecule has 10 rings (SSSR count). The quantitative estimate of drug-likeness (QED) is 0.165. The molecule has 10 aromatic rings. The lowest BCUT2D eigenvalue weighted by atomic mass is 9.92. The Kier molecular flexibility index (Phi) is 8.08. The summed E-state index contributed by atoms with van der Waals surface area (Å²) in [6, 6.07) is 64.4. The van der Waals surface area contributed by atoms with Crippen molar-refractivity contribution in [1.29, 1.82) is 0 Å². The molecular weight excluding hydrogens is 673 g/mol. The van der Waals surface area contributed by atoms with Crippen molar-refractivity contribution in [1.82, 2.24) is 19.9 Å². The molecule has 5 heteroatoms. The molecule has 3 heterocycles. The minimum Gasteiger partial charge on any atom is -0.455 e. The maximum atomic E-state index is 7.03. The number of rotatable bonds is 7. The molecule has 0 bridgehead atoms. The topological polar surface area (TPSA) is 64.7 Å². The second-order valence-electron chi connectivity index (χ2n) is 13.4. The van der Waals surface area contributed by atoms with Gasteiger partial charge in [0, 0.05) is 44.8 Å². The highest BCUT2D eigenvalue weighted by Crippen LogP contribution is 2.46. The largest absolute Gasteiger partial charge is 0.455 e. The van der Waals surface area contributed by atoms with Gasteiger partial charge in [-0.1, -0.05) is 164 Å². The molecule has 7 aromatic carbocycles. The number of aromatic nitrogens is 4. The zero-order valence-electron chi connectivity index (χ0n) is 29.7. The maximum absolute atomic E-state index is 7.03. The second-order valence-corrected chi connectivity index (χ2v) is 13.4. The third-order valence-electron chi connectivity index (χ3n) is 10.00. The molecule has 0 aliphatic carbocycles. The van der Waals surface area contributed by atoms with Crippen molar-refractivity contribution in [2.24, 2.45) is 0 Å². The number of benzene rings is 7. The fourth-order valence-electron chi connectivity index (χ4n) is 7.31. The first-order valence-corrected chi connectivity index (χ1v) is 18.3. The van der Waals surface area contributed by atoms with Crippen LogP contribution in [0.5, 0.6) is 0 Å². The van der Waals surface area contributed by atoms with Crippen molar-refractivity contribution in [2.45, 2.75) is 0 Å². The molecule has 0 radical (unpaired) electrons. The van der Waals surface area contributed by atoms with Crippen LogP contribution in [0.2, 0.25) is 0 Å². The molecule has 55 heavy (non-hydrogen) atoms. The van der Waals surface area contributed by atoms with E-state index in [4.69, 9.17) is 24.4 Å². The van der Waals surface area contributed by atoms with Crippen LogP contribution in [0.3, 0.4) is 0 Å². The lowest BCUT2D eigenvalue weighted by Gasteiger charge is -2.10. The van der Waals surface area contributed by atoms with Gasteiger partial charge in [-0.3, -0.25) is 4.98 Å². The van der Waals surface area contributed by atoms with Gasteiger partial charge in [-0.05, 0) is 52.1 Å². The second kappa shape index (κ2) is 13.8. The van der Waals surface area contributed by atoms with Gasteiger partial charge in [0.15, 0.2) is 17.5 Å². The van der Waals surface area contributed by atoms with Crippen LogP contribution in [0.4, 0.5) is 0 Å².